The Morgan fingerprint density at radius 2 is 2.20 bits per heavy atom. The van der Waals surface area contributed by atoms with Gasteiger partial charge < -0.3 is 9.47 Å². The molecule has 1 unspecified atom stereocenters. The molecule has 0 N–H and O–H groups in total. The SMILES string of the molecule is COC(C)CCOC(=O)CCC(=S)SS. The minimum Gasteiger partial charge on any atom is -0.466 e. The molecule has 0 aliphatic heterocycles. The summed E-state index contributed by atoms with van der Waals surface area (Å²) < 4.78 is 10.7. The Balaban J connectivity index is 3.45. The average Bonchev–Trinajstić information content (AvgIpc) is 2.25. The van der Waals surface area contributed by atoms with Crippen molar-refractivity contribution in [3.05, 3.63) is 0 Å². The highest BCUT2D eigenvalue weighted by atomic mass is 33.1. The summed E-state index contributed by atoms with van der Waals surface area (Å²) in [6, 6.07) is 0. The second kappa shape index (κ2) is 9.45. The van der Waals surface area contributed by atoms with Gasteiger partial charge in [0, 0.05) is 13.5 Å². The van der Waals surface area contributed by atoms with Crippen LogP contribution in [0.1, 0.15) is 26.2 Å². The first-order valence-corrected chi connectivity index (χ1v) is 6.90. The van der Waals surface area contributed by atoms with Crippen molar-refractivity contribution in [2.24, 2.45) is 0 Å². The molecular formula is C9H16O3S3. The molecule has 0 amide bonds. The first-order valence-electron chi connectivity index (χ1n) is 4.62. The fourth-order valence-electron chi connectivity index (χ4n) is 0.779. The van der Waals surface area contributed by atoms with Gasteiger partial charge in [-0.2, -0.15) is 0 Å². The van der Waals surface area contributed by atoms with E-state index in [1.54, 1.807) is 7.11 Å². The highest BCUT2D eigenvalue weighted by molar-refractivity contribution is 8.76. The van der Waals surface area contributed by atoms with Gasteiger partial charge in [-0.15, -0.1) is 11.7 Å². The first-order chi connectivity index (χ1) is 7.10. The van der Waals surface area contributed by atoms with Crippen LogP contribution in [-0.2, 0) is 14.3 Å². The van der Waals surface area contributed by atoms with Gasteiger partial charge in [-0.3, -0.25) is 4.79 Å². The summed E-state index contributed by atoms with van der Waals surface area (Å²) in [5, 5.41) is 0. The van der Waals surface area contributed by atoms with Crippen molar-refractivity contribution in [1.29, 1.82) is 0 Å². The van der Waals surface area contributed by atoms with Crippen molar-refractivity contribution >= 4 is 44.8 Å². The summed E-state index contributed by atoms with van der Waals surface area (Å²) in [5.41, 5.74) is 0. The maximum absolute atomic E-state index is 11.2. The molecule has 0 radical (unpaired) electrons. The number of rotatable bonds is 7. The lowest BCUT2D eigenvalue weighted by molar-refractivity contribution is -0.144. The highest BCUT2D eigenvalue weighted by Crippen LogP contribution is 2.13. The number of carbonyl (C=O) groups is 1. The number of ether oxygens (including phenoxy) is 2. The van der Waals surface area contributed by atoms with Gasteiger partial charge in [-0.05, 0) is 13.3 Å². The van der Waals surface area contributed by atoms with E-state index in [0.29, 0.717) is 30.1 Å². The van der Waals surface area contributed by atoms with Gasteiger partial charge in [0.05, 0.1) is 23.3 Å². The topological polar surface area (TPSA) is 35.5 Å². The summed E-state index contributed by atoms with van der Waals surface area (Å²) in [7, 11) is 2.83. The Hall–Kier alpha value is 0.220. The molecule has 88 valence electrons. The molecule has 0 aromatic carbocycles. The number of carbonyl (C=O) groups excluding carboxylic acids is 1. The predicted octanol–water partition coefficient (Wildman–Crippen LogP) is 2.64. The lowest BCUT2D eigenvalue weighted by Crippen LogP contribution is -2.12. The van der Waals surface area contributed by atoms with Crippen LogP contribution in [0.5, 0.6) is 0 Å². The molecule has 0 heterocycles. The summed E-state index contributed by atoms with van der Waals surface area (Å²) >= 11 is 8.84. The molecule has 0 aliphatic carbocycles. The van der Waals surface area contributed by atoms with Crippen LogP contribution in [0.3, 0.4) is 0 Å². The van der Waals surface area contributed by atoms with Crippen LogP contribution in [0.2, 0.25) is 0 Å². The van der Waals surface area contributed by atoms with Crippen LogP contribution < -0.4 is 0 Å². The Kier molecular flexibility index (Phi) is 9.58. The van der Waals surface area contributed by atoms with E-state index >= 15 is 0 Å². The van der Waals surface area contributed by atoms with Crippen molar-refractivity contribution < 1.29 is 14.3 Å². The maximum atomic E-state index is 11.2. The van der Waals surface area contributed by atoms with Crippen LogP contribution in [0, 0.1) is 0 Å². The molecule has 0 saturated heterocycles. The summed E-state index contributed by atoms with van der Waals surface area (Å²) in [5.74, 6) is -0.219. The minimum absolute atomic E-state index is 0.117. The van der Waals surface area contributed by atoms with Gasteiger partial charge in [0.2, 0.25) is 0 Å². The molecule has 1 atom stereocenters. The van der Waals surface area contributed by atoms with Gasteiger partial charge >= 0.3 is 5.97 Å². The molecule has 0 rings (SSSR count). The van der Waals surface area contributed by atoms with Crippen LogP contribution in [0.15, 0.2) is 0 Å². The number of methoxy groups -OCH3 is 1. The third kappa shape index (κ3) is 9.17. The molecule has 3 nitrogen and oxygen atoms in total. The van der Waals surface area contributed by atoms with Crippen molar-refractivity contribution in [3.63, 3.8) is 0 Å². The smallest absolute Gasteiger partial charge is 0.306 e. The quantitative estimate of drug-likeness (QED) is 0.332. The van der Waals surface area contributed by atoms with E-state index in [9.17, 15) is 4.79 Å². The highest BCUT2D eigenvalue weighted by Gasteiger charge is 2.06. The lowest BCUT2D eigenvalue weighted by atomic mass is 10.3. The van der Waals surface area contributed by atoms with Crippen molar-refractivity contribution in [3.8, 4) is 0 Å². The third-order valence-corrected chi connectivity index (χ3v) is 3.72. The minimum atomic E-state index is -0.219. The van der Waals surface area contributed by atoms with E-state index in [2.05, 4.69) is 11.7 Å². The molecule has 0 aliphatic rings. The molecule has 0 spiro atoms. The molecule has 0 saturated carbocycles. The molecule has 0 aromatic rings. The molecule has 6 heteroatoms. The third-order valence-electron chi connectivity index (χ3n) is 1.82. The maximum Gasteiger partial charge on any atom is 0.306 e. The van der Waals surface area contributed by atoms with Crippen LogP contribution >= 0.6 is 34.7 Å². The second-order valence-electron chi connectivity index (χ2n) is 3.02. The Morgan fingerprint density at radius 3 is 2.73 bits per heavy atom. The summed E-state index contributed by atoms with van der Waals surface area (Å²) in [4.78, 5) is 11.2. The molecule has 0 fully saturated rings. The average molecular weight is 268 g/mol. The Labute approximate surface area is 105 Å². The zero-order chi connectivity index (χ0) is 11.7. The summed E-state index contributed by atoms with van der Waals surface area (Å²) in [6.45, 7) is 2.33. The number of hydrogen-bond donors (Lipinski definition) is 1. The molecule has 0 bridgehead atoms. The Morgan fingerprint density at radius 1 is 1.53 bits per heavy atom. The summed E-state index contributed by atoms with van der Waals surface area (Å²) in [6.07, 6.45) is 1.70. The molecule has 0 aromatic heterocycles. The van der Waals surface area contributed by atoms with E-state index in [4.69, 9.17) is 21.7 Å². The van der Waals surface area contributed by atoms with Gasteiger partial charge in [-0.1, -0.05) is 23.0 Å². The van der Waals surface area contributed by atoms with E-state index in [-0.39, 0.29) is 12.1 Å². The zero-order valence-corrected chi connectivity index (χ0v) is 11.4. The van der Waals surface area contributed by atoms with Crippen LogP contribution in [0.25, 0.3) is 0 Å². The van der Waals surface area contributed by atoms with Crippen LogP contribution in [0.4, 0.5) is 0 Å². The largest absolute Gasteiger partial charge is 0.466 e. The Bertz CT molecular complexity index is 209. The van der Waals surface area contributed by atoms with E-state index in [1.165, 1.54) is 10.8 Å². The van der Waals surface area contributed by atoms with Gasteiger partial charge in [0.1, 0.15) is 0 Å². The van der Waals surface area contributed by atoms with Gasteiger partial charge in [0.15, 0.2) is 0 Å². The predicted molar refractivity (Wildman–Crippen MR) is 70.5 cm³/mol. The monoisotopic (exact) mass is 268 g/mol. The van der Waals surface area contributed by atoms with Gasteiger partial charge in [0.25, 0.3) is 0 Å². The normalized spacial score (nSPS) is 12.2. The number of thiocarbonyl (C=S) groups is 1. The molecule has 15 heavy (non-hydrogen) atoms. The first kappa shape index (κ1) is 15.2. The second-order valence-corrected chi connectivity index (χ2v) is 4.99. The van der Waals surface area contributed by atoms with Gasteiger partial charge in [-0.25, -0.2) is 0 Å². The lowest BCUT2D eigenvalue weighted by Gasteiger charge is -2.09. The standard InChI is InChI=1S/C9H16O3S3/c1-7(11-2)5-6-12-8(10)3-4-9(13)15-14/h7,14H,3-6H2,1-2H3. The van der Waals surface area contributed by atoms with E-state index in [0.717, 1.165) is 0 Å². The number of hydrogen-bond acceptors (Lipinski definition) is 6. The van der Waals surface area contributed by atoms with E-state index in [1.807, 2.05) is 6.92 Å². The van der Waals surface area contributed by atoms with Crippen LogP contribution in [-0.4, -0.2) is 30.0 Å². The van der Waals surface area contributed by atoms with Crippen molar-refractivity contribution in [2.75, 3.05) is 13.7 Å². The van der Waals surface area contributed by atoms with E-state index < -0.39 is 0 Å². The number of thiol groups is 1. The fourth-order valence-corrected chi connectivity index (χ4v) is 1.35. The number of esters is 1. The van der Waals surface area contributed by atoms with Crippen molar-refractivity contribution in [2.45, 2.75) is 32.3 Å². The fraction of sp³-hybridized carbons (Fsp3) is 0.778. The zero-order valence-electron chi connectivity index (χ0n) is 8.89. The van der Waals surface area contributed by atoms with Crippen molar-refractivity contribution in [1.82, 2.24) is 0 Å². The molecular weight excluding hydrogens is 252 g/mol.